The van der Waals surface area contributed by atoms with E-state index in [2.05, 4.69) is 39.1 Å². The maximum atomic E-state index is 12.5. The smallest absolute Gasteiger partial charge is 0.258 e. The fourth-order valence-corrected chi connectivity index (χ4v) is 3.28. The van der Waals surface area contributed by atoms with Crippen molar-refractivity contribution in [1.82, 2.24) is 9.97 Å². The van der Waals surface area contributed by atoms with E-state index in [1.807, 2.05) is 37.2 Å². The molecule has 4 rings (SSSR count). The molecular weight excluding hydrogens is 300 g/mol. The second-order valence-electron chi connectivity index (χ2n) is 6.41. The Bertz CT molecular complexity index is 961. The number of nitrogens with one attached hydrogen (secondary N) is 1. The molecule has 0 radical (unpaired) electrons. The predicted molar refractivity (Wildman–Crippen MR) is 97.9 cm³/mol. The van der Waals surface area contributed by atoms with E-state index in [-0.39, 0.29) is 5.56 Å². The summed E-state index contributed by atoms with van der Waals surface area (Å²) in [4.78, 5) is 24.3. The van der Waals surface area contributed by atoms with Crippen molar-refractivity contribution in [3.8, 4) is 0 Å². The molecule has 0 spiro atoms. The van der Waals surface area contributed by atoms with Crippen molar-refractivity contribution in [3.05, 3.63) is 64.2 Å². The van der Waals surface area contributed by atoms with E-state index in [9.17, 15) is 4.79 Å². The summed E-state index contributed by atoms with van der Waals surface area (Å²) >= 11 is 0. The maximum absolute atomic E-state index is 12.5. The van der Waals surface area contributed by atoms with Gasteiger partial charge in [-0.2, -0.15) is 0 Å². The monoisotopic (exact) mass is 320 g/mol. The van der Waals surface area contributed by atoms with Crippen LogP contribution in [0.4, 0.5) is 11.4 Å². The summed E-state index contributed by atoms with van der Waals surface area (Å²) in [5, 5.41) is 0.631. The first kappa shape index (κ1) is 14.8. The van der Waals surface area contributed by atoms with Crippen LogP contribution in [0.15, 0.2) is 47.3 Å². The SMILES string of the molecule is CN(C)c1ccc2nc(CN3CCc4ccccc43)[nH]c(=O)c2c1. The van der Waals surface area contributed by atoms with Gasteiger partial charge in [-0.15, -0.1) is 0 Å². The molecule has 0 aliphatic carbocycles. The Hall–Kier alpha value is -2.82. The molecule has 24 heavy (non-hydrogen) atoms. The Morgan fingerprint density at radius 1 is 1.21 bits per heavy atom. The number of aromatic nitrogens is 2. The van der Waals surface area contributed by atoms with Crippen molar-refractivity contribution >= 4 is 22.3 Å². The van der Waals surface area contributed by atoms with E-state index in [1.165, 1.54) is 11.3 Å². The quantitative estimate of drug-likeness (QED) is 0.806. The maximum Gasteiger partial charge on any atom is 0.258 e. The van der Waals surface area contributed by atoms with E-state index in [0.29, 0.717) is 17.8 Å². The second kappa shape index (κ2) is 5.67. The van der Waals surface area contributed by atoms with E-state index in [0.717, 1.165) is 24.2 Å². The van der Waals surface area contributed by atoms with Gasteiger partial charge < -0.3 is 14.8 Å². The number of fused-ring (bicyclic) bond motifs is 2. The topological polar surface area (TPSA) is 52.2 Å². The third kappa shape index (κ3) is 2.52. The zero-order valence-corrected chi connectivity index (χ0v) is 13.9. The van der Waals surface area contributed by atoms with Crippen LogP contribution < -0.4 is 15.4 Å². The summed E-state index contributed by atoms with van der Waals surface area (Å²) in [7, 11) is 3.92. The number of benzene rings is 2. The zero-order chi connectivity index (χ0) is 16.7. The van der Waals surface area contributed by atoms with Crippen LogP contribution in [0.2, 0.25) is 0 Å². The summed E-state index contributed by atoms with van der Waals surface area (Å²) in [5.74, 6) is 0.710. The molecule has 1 aliphatic heterocycles. The molecule has 0 saturated carbocycles. The summed E-state index contributed by atoms with van der Waals surface area (Å²) in [5.41, 5.74) is 4.26. The van der Waals surface area contributed by atoms with Crippen LogP contribution >= 0.6 is 0 Å². The number of anilines is 2. The lowest BCUT2D eigenvalue weighted by atomic mass is 10.2. The number of nitrogens with zero attached hydrogens (tertiary/aromatic N) is 3. The van der Waals surface area contributed by atoms with Crippen molar-refractivity contribution in [2.75, 3.05) is 30.4 Å². The summed E-state index contributed by atoms with van der Waals surface area (Å²) in [6, 6.07) is 14.2. The molecule has 5 nitrogen and oxygen atoms in total. The largest absolute Gasteiger partial charge is 0.378 e. The highest BCUT2D eigenvalue weighted by atomic mass is 16.1. The molecule has 2 heterocycles. The number of hydrogen-bond acceptors (Lipinski definition) is 4. The molecule has 1 N–H and O–H groups in total. The van der Waals surface area contributed by atoms with Gasteiger partial charge in [-0.3, -0.25) is 4.79 Å². The standard InChI is InChI=1S/C19H20N4O/c1-22(2)14-7-8-16-15(11-14)19(24)21-18(20-16)12-23-10-9-13-5-3-4-6-17(13)23/h3-8,11H,9-10,12H2,1-2H3,(H,20,21,24). The molecular formula is C19H20N4O. The molecule has 5 heteroatoms. The zero-order valence-electron chi connectivity index (χ0n) is 13.9. The minimum atomic E-state index is -0.0776. The Balaban J connectivity index is 1.69. The fraction of sp³-hybridized carbons (Fsp3) is 0.263. The lowest BCUT2D eigenvalue weighted by Crippen LogP contribution is -2.23. The molecule has 0 unspecified atom stereocenters. The predicted octanol–water partition coefficient (Wildman–Crippen LogP) is 2.55. The van der Waals surface area contributed by atoms with Crippen molar-refractivity contribution in [1.29, 1.82) is 0 Å². The third-order valence-electron chi connectivity index (χ3n) is 4.58. The lowest BCUT2D eigenvalue weighted by Gasteiger charge is -2.19. The highest BCUT2D eigenvalue weighted by Crippen LogP contribution is 2.28. The summed E-state index contributed by atoms with van der Waals surface area (Å²) < 4.78 is 0. The number of aromatic amines is 1. The third-order valence-corrected chi connectivity index (χ3v) is 4.58. The molecule has 0 bridgehead atoms. The Labute approximate surface area is 140 Å². The Morgan fingerprint density at radius 3 is 2.88 bits per heavy atom. The second-order valence-corrected chi connectivity index (χ2v) is 6.41. The van der Waals surface area contributed by atoms with Crippen LogP contribution in [-0.4, -0.2) is 30.6 Å². The first-order valence-electron chi connectivity index (χ1n) is 8.15. The normalized spacial score (nSPS) is 13.3. The Morgan fingerprint density at radius 2 is 2.04 bits per heavy atom. The molecule has 1 aromatic heterocycles. The van der Waals surface area contributed by atoms with Gasteiger partial charge >= 0.3 is 0 Å². The number of hydrogen-bond donors (Lipinski definition) is 1. The fourth-order valence-electron chi connectivity index (χ4n) is 3.28. The van der Waals surface area contributed by atoms with Crippen molar-refractivity contribution < 1.29 is 0 Å². The molecule has 0 atom stereocenters. The van der Waals surface area contributed by atoms with Gasteiger partial charge in [-0.1, -0.05) is 18.2 Å². The van der Waals surface area contributed by atoms with Crippen LogP contribution in [0, 0.1) is 0 Å². The van der Waals surface area contributed by atoms with Gasteiger partial charge in [0.1, 0.15) is 5.82 Å². The van der Waals surface area contributed by atoms with Gasteiger partial charge in [0, 0.05) is 32.0 Å². The van der Waals surface area contributed by atoms with E-state index in [1.54, 1.807) is 0 Å². The summed E-state index contributed by atoms with van der Waals surface area (Å²) in [6.45, 7) is 1.58. The van der Waals surface area contributed by atoms with Gasteiger partial charge in [-0.25, -0.2) is 4.98 Å². The summed E-state index contributed by atoms with van der Waals surface area (Å²) in [6.07, 6.45) is 1.04. The molecule has 122 valence electrons. The highest BCUT2D eigenvalue weighted by molar-refractivity contribution is 5.81. The van der Waals surface area contributed by atoms with E-state index in [4.69, 9.17) is 0 Å². The van der Waals surface area contributed by atoms with E-state index < -0.39 is 0 Å². The highest BCUT2D eigenvalue weighted by Gasteiger charge is 2.19. The van der Waals surface area contributed by atoms with Gasteiger partial charge in [0.15, 0.2) is 0 Å². The number of H-pyrrole nitrogens is 1. The van der Waals surface area contributed by atoms with Gasteiger partial charge in [-0.05, 0) is 36.2 Å². The minimum absolute atomic E-state index is 0.0776. The van der Waals surface area contributed by atoms with Crippen LogP contribution in [0.5, 0.6) is 0 Å². The van der Waals surface area contributed by atoms with Crippen LogP contribution in [0.25, 0.3) is 10.9 Å². The molecule has 0 fully saturated rings. The van der Waals surface area contributed by atoms with E-state index >= 15 is 0 Å². The Kier molecular flexibility index (Phi) is 3.49. The first-order valence-corrected chi connectivity index (χ1v) is 8.15. The average molecular weight is 320 g/mol. The molecule has 2 aromatic carbocycles. The lowest BCUT2D eigenvalue weighted by molar-refractivity contribution is 0.787. The molecule has 0 saturated heterocycles. The molecule has 1 aliphatic rings. The van der Waals surface area contributed by atoms with Crippen molar-refractivity contribution in [3.63, 3.8) is 0 Å². The average Bonchev–Trinajstić information content (AvgIpc) is 2.98. The molecule has 0 amide bonds. The van der Waals surface area contributed by atoms with Crippen LogP contribution in [-0.2, 0) is 13.0 Å². The number of para-hydroxylation sites is 1. The van der Waals surface area contributed by atoms with Crippen molar-refractivity contribution in [2.45, 2.75) is 13.0 Å². The first-order chi connectivity index (χ1) is 11.6. The molecule has 3 aromatic rings. The number of rotatable bonds is 3. The van der Waals surface area contributed by atoms with Crippen molar-refractivity contribution in [2.24, 2.45) is 0 Å². The van der Waals surface area contributed by atoms with Gasteiger partial charge in [0.05, 0.1) is 17.4 Å². The van der Waals surface area contributed by atoms with Gasteiger partial charge in [0.25, 0.3) is 5.56 Å². The van der Waals surface area contributed by atoms with Crippen LogP contribution in [0.1, 0.15) is 11.4 Å². The van der Waals surface area contributed by atoms with Gasteiger partial charge in [0.2, 0.25) is 0 Å². The minimum Gasteiger partial charge on any atom is -0.378 e. The van der Waals surface area contributed by atoms with Crippen LogP contribution in [0.3, 0.4) is 0 Å².